The van der Waals surface area contributed by atoms with Gasteiger partial charge in [0.25, 0.3) is 5.95 Å². The van der Waals surface area contributed by atoms with E-state index in [0.29, 0.717) is 31.3 Å². The lowest BCUT2D eigenvalue weighted by Crippen LogP contribution is -2.29. The zero-order valence-corrected chi connectivity index (χ0v) is 15.8. The van der Waals surface area contributed by atoms with Gasteiger partial charge in [-0.05, 0) is 31.4 Å². The number of hydrogen-bond acceptors (Lipinski definition) is 5. The number of aromatic nitrogens is 2. The first-order chi connectivity index (χ1) is 13.2. The molecular weight excluding hydrogens is 344 g/mol. The quantitative estimate of drug-likeness (QED) is 0.371. The summed E-state index contributed by atoms with van der Waals surface area (Å²) in [7, 11) is 0. The van der Waals surface area contributed by atoms with Crippen molar-refractivity contribution < 1.29 is 19.4 Å². The molecule has 1 aliphatic heterocycles. The number of rotatable bonds is 4. The van der Waals surface area contributed by atoms with Gasteiger partial charge in [-0.25, -0.2) is 0 Å². The van der Waals surface area contributed by atoms with E-state index in [1.54, 1.807) is 0 Å². The number of nitrogens with zero attached hydrogens (tertiary/aromatic N) is 2. The molecule has 3 rings (SSSR count). The molecule has 0 radical (unpaired) electrons. The van der Waals surface area contributed by atoms with Gasteiger partial charge in [0.2, 0.25) is 0 Å². The van der Waals surface area contributed by atoms with Crippen molar-refractivity contribution in [2.45, 2.75) is 51.0 Å². The molecule has 3 atom stereocenters. The highest BCUT2D eigenvalue weighted by atomic mass is 16.7. The van der Waals surface area contributed by atoms with Crippen LogP contribution in [-0.4, -0.2) is 34.4 Å². The standard InChI is InChI=1S/C21H28N2O4/c1-3-7-20(25)18(12-24)21-26-13-15-8-5-6-9-17(15)19-10-11-22-23(19)16(4-2)14-27-21/h3,7,10-12,15-17,25H,1,4-6,8-9,13-14H2,2H3/b20-7+,21-18-. The minimum Gasteiger partial charge on any atom is -0.507 e. The van der Waals surface area contributed by atoms with Gasteiger partial charge in [-0.2, -0.15) is 5.10 Å². The molecular formula is C21H28N2O4. The summed E-state index contributed by atoms with van der Waals surface area (Å²) >= 11 is 0. The van der Waals surface area contributed by atoms with Gasteiger partial charge in [-0.1, -0.05) is 32.4 Å². The van der Waals surface area contributed by atoms with Crippen LogP contribution in [0.4, 0.5) is 0 Å². The molecule has 1 fully saturated rings. The summed E-state index contributed by atoms with van der Waals surface area (Å²) in [4.78, 5) is 11.6. The maximum Gasteiger partial charge on any atom is 0.294 e. The number of fused-ring (bicyclic) bond motifs is 3. The van der Waals surface area contributed by atoms with E-state index in [9.17, 15) is 9.90 Å². The van der Waals surface area contributed by atoms with E-state index >= 15 is 0 Å². The topological polar surface area (TPSA) is 73.6 Å². The molecule has 146 valence electrons. The Morgan fingerprint density at radius 1 is 1.37 bits per heavy atom. The monoisotopic (exact) mass is 372 g/mol. The summed E-state index contributed by atoms with van der Waals surface area (Å²) in [5, 5.41) is 14.7. The van der Waals surface area contributed by atoms with Gasteiger partial charge in [-0.15, -0.1) is 0 Å². The van der Waals surface area contributed by atoms with Crippen molar-refractivity contribution in [1.29, 1.82) is 0 Å². The van der Waals surface area contributed by atoms with Crippen molar-refractivity contribution in [3.8, 4) is 0 Å². The molecule has 1 aromatic rings. The first-order valence-electron chi connectivity index (χ1n) is 9.70. The summed E-state index contributed by atoms with van der Waals surface area (Å²) in [6, 6.07) is 2.15. The highest BCUT2D eigenvalue weighted by Gasteiger charge is 2.32. The van der Waals surface area contributed by atoms with Gasteiger partial charge >= 0.3 is 0 Å². The van der Waals surface area contributed by atoms with Crippen LogP contribution in [0.2, 0.25) is 0 Å². The number of allylic oxidation sites excluding steroid dienone is 3. The first kappa shape index (κ1) is 19.3. The van der Waals surface area contributed by atoms with Crippen LogP contribution in [0.3, 0.4) is 0 Å². The smallest absolute Gasteiger partial charge is 0.294 e. The fourth-order valence-electron chi connectivity index (χ4n) is 4.05. The van der Waals surface area contributed by atoms with Crippen LogP contribution in [0.15, 0.2) is 48.3 Å². The van der Waals surface area contributed by atoms with Crippen LogP contribution >= 0.6 is 0 Å². The number of hydrogen-bond donors (Lipinski definition) is 1. The summed E-state index contributed by atoms with van der Waals surface area (Å²) in [5.74, 6) is 0.576. The number of aliphatic hydroxyl groups is 1. The number of aliphatic hydroxyl groups excluding tert-OH is 1. The Morgan fingerprint density at radius 2 is 2.15 bits per heavy atom. The Kier molecular flexibility index (Phi) is 6.37. The molecule has 1 aromatic heterocycles. The number of aldehydes is 1. The first-order valence-corrected chi connectivity index (χ1v) is 9.70. The minimum atomic E-state index is -0.208. The average molecular weight is 372 g/mol. The third-order valence-electron chi connectivity index (χ3n) is 5.53. The lowest BCUT2D eigenvalue weighted by atomic mass is 9.77. The largest absolute Gasteiger partial charge is 0.507 e. The average Bonchev–Trinajstić information content (AvgIpc) is 3.16. The summed E-state index contributed by atoms with van der Waals surface area (Å²) < 4.78 is 13.9. The van der Waals surface area contributed by atoms with Crippen LogP contribution in [0.25, 0.3) is 0 Å². The van der Waals surface area contributed by atoms with Crippen molar-refractivity contribution >= 4 is 6.29 Å². The highest BCUT2D eigenvalue weighted by Crippen LogP contribution is 2.40. The molecule has 0 amide bonds. The minimum absolute atomic E-state index is 0.0124. The van der Waals surface area contributed by atoms with E-state index in [0.717, 1.165) is 25.7 Å². The fraction of sp³-hybridized carbons (Fsp3) is 0.524. The van der Waals surface area contributed by atoms with E-state index in [1.807, 2.05) is 6.20 Å². The van der Waals surface area contributed by atoms with E-state index in [-0.39, 0.29) is 23.3 Å². The second kappa shape index (κ2) is 8.93. The van der Waals surface area contributed by atoms with Gasteiger partial charge in [0.15, 0.2) is 6.29 Å². The molecule has 0 spiro atoms. The zero-order chi connectivity index (χ0) is 19.2. The summed E-state index contributed by atoms with van der Waals surface area (Å²) in [5.41, 5.74) is 1.26. The van der Waals surface area contributed by atoms with Crippen molar-refractivity contribution in [2.75, 3.05) is 13.2 Å². The van der Waals surface area contributed by atoms with E-state index < -0.39 is 0 Å². The molecule has 0 bridgehead atoms. The molecule has 6 nitrogen and oxygen atoms in total. The van der Waals surface area contributed by atoms with Crippen molar-refractivity contribution in [2.24, 2.45) is 5.92 Å². The molecule has 0 aromatic carbocycles. The number of carbonyl (C=O) groups is 1. The summed E-state index contributed by atoms with van der Waals surface area (Å²) in [6.45, 7) is 6.40. The van der Waals surface area contributed by atoms with Gasteiger partial charge in [0, 0.05) is 23.7 Å². The summed E-state index contributed by atoms with van der Waals surface area (Å²) in [6.07, 6.45) is 10.6. The van der Waals surface area contributed by atoms with Crippen LogP contribution < -0.4 is 0 Å². The molecule has 27 heavy (non-hydrogen) atoms. The van der Waals surface area contributed by atoms with Crippen LogP contribution in [0.1, 0.15) is 56.7 Å². The Hall–Kier alpha value is -2.50. The molecule has 1 N–H and O–H groups in total. The van der Waals surface area contributed by atoms with E-state index in [4.69, 9.17) is 9.47 Å². The van der Waals surface area contributed by atoms with Gasteiger partial charge in [0.05, 0.1) is 12.6 Å². The molecule has 3 unspecified atom stereocenters. The lowest BCUT2D eigenvalue weighted by molar-refractivity contribution is -0.105. The normalized spacial score (nSPS) is 28.0. The van der Waals surface area contributed by atoms with Crippen molar-refractivity contribution in [3.05, 3.63) is 54.0 Å². The predicted octanol–water partition coefficient (Wildman–Crippen LogP) is 4.19. The van der Waals surface area contributed by atoms with Crippen molar-refractivity contribution in [1.82, 2.24) is 9.78 Å². The van der Waals surface area contributed by atoms with Gasteiger partial charge in [0.1, 0.15) is 17.9 Å². The number of carbonyl (C=O) groups excluding carboxylic acids is 1. The Labute approximate surface area is 160 Å². The van der Waals surface area contributed by atoms with Crippen LogP contribution in [0, 0.1) is 5.92 Å². The Balaban J connectivity index is 2.00. The molecule has 6 heteroatoms. The maximum absolute atomic E-state index is 11.6. The van der Waals surface area contributed by atoms with Gasteiger partial charge in [-0.3, -0.25) is 9.48 Å². The van der Waals surface area contributed by atoms with Crippen LogP contribution in [0.5, 0.6) is 0 Å². The molecule has 2 heterocycles. The highest BCUT2D eigenvalue weighted by molar-refractivity contribution is 5.79. The van der Waals surface area contributed by atoms with Crippen LogP contribution in [-0.2, 0) is 14.3 Å². The Morgan fingerprint density at radius 3 is 2.89 bits per heavy atom. The molecule has 1 saturated carbocycles. The molecule has 1 aliphatic carbocycles. The third kappa shape index (κ3) is 4.10. The predicted molar refractivity (Wildman–Crippen MR) is 102 cm³/mol. The third-order valence-corrected chi connectivity index (χ3v) is 5.53. The maximum atomic E-state index is 11.6. The SMILES string of the molecule is C=C/C=C(O)\C(C=O)=C1\OCC2CCCCC2c2ccnn2C(CC)CO1. The van der Waals surface area contributed by atoms with Gasteiger partial charge < -0.3 is 14.6 Å². The molecule has 0 saturated heterocycles. The zero-order valence-electron chi connectivity index (χ0n) is 15.8. The van der Waals surface area contributed by atoms with E-state index in [1.165, 1.54) is 24.3 Å². The molecule has 2 aliphatic rings. The lowest BCUT2D eigenvalue weighted by Gasteiger charge is -2.34. The van der Waals surface area contributed by atoms with E-state index in [2.05, 4.69) is 29.3 Å². The second-order valence-electron chi connectivity index (χ2n) is 7.14. The Bertz CT molecular complexity index is 734. The number of ether oxygens (including phenoxy) is 2. The second-order valence-corrected chi connectivity index (χ2v) is 7.14. The van der Waals surface area contributed by atoms with Crippen molar-refractivity contribution in [3.63, 3.8) is 0 Å². The fourth-order valence-corrected chi connectivity index (χ4v) is 4.05.